The number of anilines is 1. The minimum absolute atomic E-state index is 0.0839. The zero-order valence-electron chi connectivity index (χ0n) is 20.0. The molecule has 0 bridgehead atoms. The van der Waals surface area contributed by atoms with E-state index in [0.29, 0.717) is 22.5 Å². The van der Waals surface area contributed by atoms with Gasteiger partial charge in [0.15, 0.2) is 6.61 Å². The number of aromatic nitrogens is 2. The van der Waals surface area contributed by atoms with Crippen LogP contribution < -0.4 is 20.9 Å². The largest absolute Gasteiger partial charge is 0.482 e. The second kappa shape index (κ2) is 9.14. The Morgan fingerprint density at radius 2 is 1.92 bits per heavy atom. The van der Waals surface area contributed by atoms with E-state index in [2.05, 4.69) is 28.8 Å². The van der Waals surface area contributed by atoms with Gasteiger partial charge in [-0.25, -0.2) is 9.78 Å². The number of nitrogens with zero attached hydrogens (tertiary/aromatic N) is 2. The van der Waals surface area contributed by atoms with E-state index in [4.69, 9.17) is 9.47 Å². The normalized spacial score (nSPS) is 12.7. The third kappa shape index (κ3) is 4.88. The van der Waals surface area contributed by atoms with Crippen molar-refractivity contribution in [3.8, 4) is 16.9 Å². The summed E-state index contributed by atoms with van der Waals surface area (Å²) >= 11 is 0. The highest BCUT2D eigenvalue weighted by Gasteiger charge is 2.22. The fraction of sp³-hybridized carbons (Fsp3) is 0.192. The van der Waals surface area contributed by atoms with Crippen LogP contribution in [0.15, 0.2) is 66.4 Å². The van der Waals surface area contributed by atoms with Crippen molar-refractivity contribution in [3.05, 3.63) is 71.9 Å². The standard InChI is InChI=1S/C26H24N4O6/c1-14(25(34)36-26(3,4)5)28-23(32)15(2)30-13-27-22-17(7-6-8-18(22)24(30)33)16-9-10-19-20(11-16)35-12-21(31)29-19/h6-11,13H,1-2,12H2,3-5H3,(H,28,32)(H,29,31). The number of hydrogen-bond donors (Lipinski definition) is 2. The number of rotatable bonds is 5. The van der Waals surface area contributed by atoms with Crippen molar-refractivity contribution in [2.75, 3.05) is 11.9 Å². The van der Waals surface area contributed by atoms with Crippen molar-refractivity contribution < 1.29 is 23.9 Å². The van der Waals surface area contributed by atoms with Crippen LogP contribution >= 0.6 is 0 Å². The molecule has 0 atom stereocenters. The summed E-state index contributed by atoms with van der Waals surface area (Å²) in [6.45, 7) is 12.2. The fourth-order valence-electron chi connectivity index (χ4n) is 3.53. The molecule has 1 aliphatic heterocycles. The van der Waals surface area contributed by atoms with E-state index in [1.54, 1.807) is 57.2 Å². The highest BCUT2D eigenvalue weighted by Crippen LogP contribution is 2.34. The SMILES string of the molecule is C=C(NC(=O)C(=C)n1cnc2c(-c3ccc4c(c3)OCC(=O)N4)cccc2c1=O)C(=O)OC(C)(C)C. The summed E-state index contributed by atoms with van der Waals surface area (Å²) in [6, 6.07) is 10.3. The molecule has 1 aliphatic rings. The number of para-hydroxylation sites is 1. The lowest BCUT2D eigenvalue weighted by molar-refractivity contribution is -0.150. The Bertz CT molecular complexity index is 1510. The first-order valence-electron chi connectivity index (χ1n) is 10.9. The summed E-state index contributed by atoms with van der Waals surface area (Å²) in [7, 11) is 0. The molecule has 2 amide bonds. The molecular weight excluding hydrogens is 464 g/mol. The van der Waals surface area contributed by atoms with Gasteiger partial charge < -0.3 is 20.1 Å². The molecule has 2 N–H and O–H groups in total. The maximum atomic E-state index is 13.2. The lowest BCUT2D eigenvalue weighted by Gasteiger charge is -2.20. The molecule has 0 saturated carbocycles. The van der Waals surface area contributed by atoms with Gasteiger partial charge in [-0.1, -0.05) is 31.4 Å². The van der Waals surface area contributed by atoms with Crippen LogP contribution in [-0.2, 0) is 19.1 Å². The molecule has 3 aromatic rings. The van der Waals surface area contributed by atoms with Crippen LogP contribution in [0, 0.1) is 0 Å². The van der Waals surface area contributed by atoms with E-state index in [9.17, 15) is 19.2 Å². The number of hydrogen-bond acceptors (Lipinski definition) is 7. The van der Waals surface area contributed by atoms with Crippen molar-refractivity contribution in [2.45, 2.75) is 26.4 Å². The zero-order chi connectivity index (χ0) is 26.2. The molecule has 2 aromatic carbocycles. The minimum atomic E-state index is -0.806. The Labute approximate surface area is 206 Å². The van der Waals surface area contributed by atoms with Gasteiger partial charge in [-0.05, 0) is 44.5 Å². The van der Waals surface area contributed by atoms with Crippen LogP contribution in [0.5, 0.6) is 5.75 Å². The van der Waals surface area contributed by atoms with E-state index in [1.807, 2.05) is 0 Å². The predicted octanol–water partition coefficient (Wildman–Crippen LogP) is 2.84. The van der Waals surface area contributed by atoms with Crippen LogP contribution in [-0.4, -0.2) is 39.5 Å². The van der Waals surface area contributed by atoms with Gasteiger partial charge in [0.05, 0.1) is 16.6 Å². The molecule has 1 aromatic heterocycles. The summed E-state index contributed by atoms with van der Waals surface area (Å²) < 4.78 is 11.7. The maximum Gasteiger partial charge on any atom is 0.354 e. The molecule has 0 aliphatic carbocycles. The van der Waals surface area contributed by atoms with Crippen molar-refractivity contribution in [1.29, 1.82) is 0 Å². The Balaban J connectivity index is 1.63. The van der Waals surface area contributed by atoms with Crippen LogP contribution in [0.1, 0.15) is 20.8 Å². The third-order valence-corrected chi connectivity index (χ3v) is 5.18. The van der Waals surface area contributed by atoms with Crippen LogP contribution in [0.2, 0.25) is 0 Å². The number of ether oxygens (including phenoxy) is 2. The highest BCUT2D eigenvalue weighted by atomic mass is 16.6. The molecule has 36 heavy (non-hydrogen) atoms. The smallest absolute Gasteiger partial charge is 0.354 e. The molecule has 10 heteroatoms. The minimum Gasteiger partial charge on any atom is -0.482 e. The number of carbonyl (C=O) groups is 3. The van der Waals surface area contributed by atoms with Gasteiger partial charge in [0.1, 0.15) is 29.1 Å². The van der Waals surface area contributed by atoms with Crippen molar-refractivity contribution in [3.63, 3.8) is 0 Å². The lowest BCUT2D eigenvalue weighted by atomic mass is 10.0. The first-order chi connectivity index (χ1) is 16.9. The van der Waals surface area contributed by atoms with Crippen LogP contribution in [0.3, 0.4) is 0 Å². The van der Waals surface area contributed by atoms with Gasteiger partial charge in [-0.15, -0.1) is 0 Å². The van der Waals surface area contributed by atoms with Crippen LogP contribution in [0.4, 0.5) is 5.69 Å². The number of nitrogens with one attached hydrogen (secondary N) is 2. The maximum absolute atomic E-state index is 13.2. The summed E-state index contributed by atoms with van der Waals surface area (Å²) in [5.74, 6) is -1.33. The van der Waals surface area contributed by atoms with Crippen molar-refractivity contribution in [1.82, 2.24) is 14.9 Å². The Morgan fingerprint density at radius 1 is 1.17 bits per heavy atom. The fourth-order valence-corrected chi connectivity index (χ4v) is 3.53. The molecule has 10 nitrogen and oxygen atoms in total. The average molecular weight is 489 g/mol. The van der Waals surface area contributed by atoms with E-state index in [0.717, 1.165) is 10.1 Å². The highest BCUT2D eigenvalue weighted by molar-refractivity contribution is 6.15. The number of amides is 2. The summed E-state index contributed by atoms with van der Waals surface area (Å²) in [4.78, 5) is 53.9. The molecule has 0 fully saturated rings. The van der Waals surface area contributed by atoms with E-state index < -0.39 is 23.0 Å². The van der Waals surface area contributed by atoms with Crippen molar-refractivity contribution >= 4 is 40.1 Å². The van der Waals surface area contributed by atoms with Gasteiger partial charge in [-0.2, -0.15) is 0 Å². The summed E-state index contributed by atoms with van der Waals surface area (Å²) in [6.07, 6.45) is 1.20. The first-order valence-corrected chi connectivity index (χ1v) is 10.9. The van der Waals surface area contributed by atoms with E-state index in [-0.39, 0.29) is 29.3 Å². The van der Waals surface area contributed by atoms with E-state index in [1.165, 1.54) is 6.33 Å². The Morgan fingerprint density at radius 3 is 2.64 bits per heavy atom. The number of fused-ring (bicyclic) bond motifs is 2. The summed E-state index contributed by atoms with van der Waals surface area (Å²) in [5, 5.41) is 5.29. The zero-order valence-corrected chi connectivity index (χ0v) is 20.0. The third-order valence-electron chi connectivity index (χ3n) is 5.18. The average Bonchev–Trinajstić information content (AvgIpc) is 2.82. The number of carbonyl (C=O) groups excluding carboxylic acids is 3. The Hall–Kier alpha value is -4.73. The Kier molecular flexibility index (Phi) is 6.19. The number of esters is 1. The van der Waals surface area contributed by atoms with Gasteiger partial charge in [0.25, 0.3) is 17.4 Å². The van der Waals surface area contributed by atoms with E-state index >= 15 is 0 Å². The topological polar surface area (TPSA) is 129 Å². The molecule has 0 radical (unpaired) electrons. The molecule has 4 rings (SSSR count). The summed E-state index contributed by atoms with van der Waals surface area (Å²) in [5.41, 5.74) is 0.529. The molecule has 2 heterocycles. The van der Waals surface area contributed by atoms with Gasteiger partial charge in [0.2, 0.25) is 0 Å². The first kappa shape index (κ1) is 24.4. The molecule has 0 saturated heterocycles. The van der Waals surface area contributed by atoms with Gasteiger partial charge in [0, 0.05) is 5.56 Å². The lowest BCUT2D eigenvalue weighted by Crippen LogP contribution is -2.35. The second-order valence-corrected chi connectivity index (χ2v) is 9.05. The predicted molar refractivity (Wildman–Crippen MR) is 134 cm³/mol. The monoisotopic (exact) mass is 488 g/mol. The van der Waals surface area contributed by atoms with Gasteiger partial charge in [-0.3, -0.25) is 19.0 Å². The number of benzene rings is 2. The molecule has 0 unspecified atom stereocenters. The molecule has 0 spiro atoms. The molecule has 184 valence electrons. The van der Waals surface area contributed by atoms with Crippen molar-refractivity contribution in [2.24, 2.45) is 0 Å². The van der Waals surface area contributed by atoms with Gasteiger partial charge >= 0.3 is 5.97 Å². The second-order valence-electron chi connectivity index (χ2n) is 9.05. The van der Waals surface area contributed by atoms with Crippen LogP contribution in [0.25, 0.3) is 27.7 Å². The molecular formula is C26H24N4O6. The quantitative estimate of drug-likeness (QED) is 0.417.